The summed E-state index contributed by atoms with van der Waals surface area (Å²) >= 11 is 0. The van der Waals surface area contributed by atoms with Gasteiger partial charge in [0.1, 0.15) is 6.07 Å². The van der Waals surface area contributed by atoms with Crippen molar-refractivity contribution in [3.05, 3.63) is 23.8 Å². The number of nitrogens with zero attached hydrogens (tertiary/aromatic N) is 2. The molecule has 1 aliphatic carbocycles. The van der Waals surface area contributed by atoms with Gasteiger partial charge in [0, 0.05) is 17.4 Å². The minimum absolute atomic E-state index is 0.180. The van der Waals surface area contributed by atoms with Gasteiger partial charge in [-0.25, -0.2) is 0 Å². The van der Waals surface area contributed by atoms with Gasteiger partial charge in [0.15, 0.2) is 0 Å². The quantitative estimate of drug-likeness (QED) is 0.797. The molecule has 1 aliphatic rings. The molecule has 0 spiro atoms. The van der Waals surface area contributed by atoms with Gasteiger partial charge in [0.2, 0.25) is 5.91 Å². The molecule has 1 aromatic carbocycles. The Hall–Kier alpha value is -2.22. The van der Waals surface area contributed by atoms with Crippen molar-refractivity contribution in [1.82, 2.24) is 0 Å². The Balaban J connectivity index is 2.31. The molecule has 5 heteroatoms. The van der Waals surface area contributed by atoms with Gasteiger partial charge in [0.25, 0.3) is 0 Å². The van der Waals surface area contributed by atoms with Gasteiger partial charge >= 0.3 is 0 Å². The highest BCUT2D eigenvalue weighted by Gasteiger charge is 2.24. The van der Waals surface area contributed by atoms with Crippen LogP contribution < -0.4 is 16.4 Å². The summed E-state index contributed by atoms with van der Waals surface area (Å²) in [5.74, 6) is -0.359. The average Bonchev–Trinajstić information content (AvgIpc) is 2.90. The maximum atomic E-state index is 11.3. The number of anilines is 2. The third-order valence-electron chi connectivity index (χ3n) is 3.58. The van der Waals surface area contributed by atoms with Crippen LogP contribution in [0, 0.1) is 11.3 Å². The van der Waals surface area contributed by atoms with E-state index in [1.807, 2.05) is 11.0 Å². The summed E-state index contributed by atoms with van der Waals surface area (Å²) in [4.78, 5) is 13.2. The van der Waals surface area contributed by atoms with E-state index >= 15 is 0 Å². The molecule has 0 atom stereocenters. The lowest BCUT2D eigenvalue weighted by Gasteiger charge is -2.30. The van der Waals surface area contributed by atoms with E-state index in [0.717, 1.165) is 18.5 Å². The van der Waals surface area contributed by atoms with E-state index in [0.29, 0.717) is 17.3 Å². The molecule has 0 radical (unpaired) electrons. The van der Waals surface area contributed by atoms with Crippen LogP contribution in [-0.2, 0) is 4.79 Å². The van der Waals surface area contributed by atoms with E-state index < -0.39 is 0 Å². The number of primary amides is 1. The van der Waals surface area contributed by atoms with Gasteiger partial charge in [-0.15, -0.1) is 0 Å². The van der Waals surface area contributed by atoms with Gasteiger partial charge in [-0.3, -0.25) is 4.79 Å². The molecule has 5 nitrogen and oxygen atoms in total. The number of rotatable bonds is 4. The monoisotopic (exact) mass is 258 g/mol. The van der Waals surface area contributed by atoms with E-state index in [9.17, 15) is 4.79 Å². The highest BCUT2D eigenvalue weighted by molar-refractivity contribution is 5.80. The average molecular weight is 258 g/mol. The first kappa shape index (κ1) is 13.2. The lowest BCUT2D eigenvalue weighted by Crippen LogP contribution is -2.40. The van der Waals surface area contributed by atoms with E-state index in [4.69, 9.17) is 16.7 Å². The third-order valence-corrected chi connectivity index (χ3v) is 3.58. The molecule has 1 amide bonds. The highest BCUT2D eigenvalue weighted by Crippen LogP contribution is 2.29. The minimum atomic E-state index is -0.359. The first-order chi connectivity index (χ1) is 9.11. The van der Waals surface area contributed by atoms with Crippen LogP contribution in [0.2, 0.25) is 0 Å². The van der Waals surface area contributed by atoms with Crippen molar-refractivity contribution >= 4 is 17.3 Å². The molecule has 19 heavy (non-hydrogen) atoms. The van der Waals surface area contributed by atoms with Crippen molar-refractivity contribution in [2.45, 2.75) is 31.7 Å². The summed E-state index contributed by atoms with van der Waals surface area (Å²) in [5.41, 5.74) is 12.8. The number of carbonyl (C=O) groups is 1. The molecule has 1 aromatic rings. The number of benzene rings is 1. The van der Waals surface area contributed by atoms with Crippen molar-refractivity contribution in [2.75, 3.05) is 17.2 Å². The summed E-state index contributed by atoms with van der Waals surface area (Å²) in [7, 11) is 0. The molecule has 1 fully saturated rings. The molecule has 2 rings (SSSR count). The zero-order valence-electron chi connectivity index (χ0n) is 10.8. The number of nitriles is 1. The number of hydrogen-bond donors (Lipinski definition) is 2. The third kappa shape index (κ3) is 2.97. The van der Waals surface area contributed by atoms with Crippen LogP contribution in [-0.4, -0.2) is 18.5 Å². The minimum Gasteiger partial charge on any atom is -0.398 e. The number of nitrogen functional groups attached to an aromatic ring is 1. The van der Waals surface area contributed by atoms with Crippen molar-refractivity contribution in [3.63, 3.8) is 0 Å². The Morgan fingerprint density at radius 1 is 1.42 bits per heavy atom. The van der Waals surface area contributed by atoms with E-state index in [1.165, 1.54) is 12.8 Å². The van der Waals surface area contributed by atoms with Gasteiger partial charge < -0.3 is 16.4 Å². The Labute approximate surface area is 112 Å². The fraction of sp³-hybridized carbons (Fsp3) is 0.429. The maximum absolute atomic E-state index is 11.3. The first-order valence-corrected chi connectivity index (χ1v) is 6.46. The Bertz CT molecular complexity index is 515. The molecule has 0 aliphatic heterocycles. The molecular weight excluding hydrogens is 240 g/mol. The molecule has 4 N–H and O–H groups in total. The summed E-state index contributed by atoms with van der Waals surface area (Å²) in [6.45, 7) is 0.180. The van der Waals surface area contributed by atoms with Crippen LogP contribution in [0.1, 0.15) is 31.2 Å². The second-order valence-corrected chi connectivity index (χ2v) is 4.92. The Kier molecular flexibility index (Phi) is 3.91. The van der Waals surface area contributed by atoms with Crippen molar-refractivity contribution in [3.8, 4) is 6.07 Å². The van der Waals surface area contributed by atoms with Gasteiger partial charge in [-0.2, -0.15) is 5.26 Å². The summed E-state index contributed by atoms with van der Waals surface area (Å²) in [6, 6.07) is 7.67. The number of nitrogens with two attached hydrogens (primary N) is 2. The number of hydrogen-bond acceptors (Lipinski definition) is 4. The Morgan fingerprint density at radius 2 is 2.11 bits per heavy atom. The van der Waals surface area contributed by atoms with E-state index in [1.54, 1.807) is 12.1 Å². The lowest BCUT2D eigenvalue weighted by atomic mass is 10.1. The lowest BCUT2D eigenvalue weighted by molar-refractivity contribution is -0.116. The second kappa shape index (κ2) is 5.61. The standard InChI is InChI=1S/C14H18N4O/c15-8-10-7-12(5-6-13(10)16)18(9-14(17)19)11-3-1-2-4-11/h5-7,11H,1-4,9,16H2,(H2,17,19). The SMILES string of the molecule is N#Cc1cc(N(CC(N)=O)C2CCCC2)ccc1N. The fourth-order valence-corrected chi connectivity index (χ4v) is 2.63. The van der Waals surface area contributed by atoms with Crippen molar-refractivity contribution in [1.29, 1.82) is 5.26 Å². The highest BCUT2D eigenvalue weighted by atomic mass is 16.1. The van der Waals surface area contributed by atoms with Crippen molar-refractivity contribution in [2.24, 2.45) is 5.73 Å². The van der Waals surface area contributed by atoms with Crippen LogP contribution in [0.4, 0.5) is 11.4 Å². The largest absolute Gasteiger partial charge is 0.398 e. The molecule has 0 heterocycles. The summed E-state index contributed by atoms with van der Waals surface area (Å²) in [5, 5.41) is 9.03. The number of carbonyl (C=O) groups excluding carboxylic acids is 1. The van der Waals surface area contributed by atoms with Crippen molar-refractivity contribution < 1.29 is 4.79 Å². The molecule has 0 bridgehead atoms. The van der Waals surface area contributed by atoms with Gasteiger partial charge in [-0.1, -0.05) is 12.8 Å². The molecule has 0 aromatic heterocycles. The summed E-state index contributed by atoms with van der Waals surface area (Å²) in [6.07, 6.45) is 4.44. The van der Waals surface area contributed by atoms with E-state index in [2.05, 4.69) is 6.07 Å². The second-order valence-electron chi connectivity index (χ2n) is 4.92. The zero-order chi connectivity index (χ0) is 13.8. The predicted molar refractivity (Wildman–Crippen MR) is 74.4 cm³/mol. The van der Waals surface area contributed by atoms with Gasteiger partial charge in [0.05, 0.1) is 12.1 Å². The predicted octanol–water partition coefficient (Wildman–Crippen LogP) is 1.37. The van der Waals surface area contributed by atoms with Crippen LogP contribution in [0.15, 0.2) is 18.2 Å². The molecule has 1 saturated carbocycles. The van der Waals surface area contributed by atoms with Crippen LogP contribution in [0.3, 0.4) is 0 Å². The van der Waals surface area contributed by atoms with Gasteiger partial charge in [-0.05, 0) is 31.0 Å². The fourth-order valence-electron chi connectivity index (χ4n) is 2.63. The first-order valence-electron chi connectivity index (χ1n) is 6.46. The summed E-state index contributed by atoms with van der Waals surface area (Å²) < 4.78 is 0. The Morgan fingerprint density at radius 3 is 2.68 bits per heavy atom. The molecular formula is C14H18N4O. The molecule has 0 saturated heterocycles. The maximum Gasteiger partial charge on any atom is 0.236 e. The van der Waals surface area contributed by atoms with Crippen LogP contribution in [0.25, 0.3) is 0 Å². The molecule has 0 unspecified atom stereocenters. The molecule has 100 valence electrons. The van der Waals surface area contributed by atoms with Crippen LogP contribution in [0.5, 0.6) is 0 Å². The smallest absolute Gasteiger partial charge is 0.236 e. The van der Waals surface area contributed by atoms with Crippen LogP contribution >= 0.6 is 0 Å². The topological polar surface area (TPSA) is 96.1 Å². The van der Waals surface area contributed by atoms with E-state index in [-0.39, 0.29) is 12.5 Å². The zero-order valence-corrected chi connectivity index (χ0v) is 10.8. The number of amides is 1. The normalized spacial score (nSPS) is 15.1.